The van der Waals surface area contributed by atoms with Crippen molar-refractivity contribution in [2.24, 2.45) is 4.99 Å². The summed E-state index contributed by atoms with van der Waals surface area (Å²) in [5.74, 6) is 1.27. The zero-order valence-corrected chi connectivity index (χ0v) is 25.5. The summed E-state index contributed by atoms with van der Waals surface area (Å²) in [6, 6.07) is 8.35. The minimum Gasteiger partial charge on any atom is -0.496 e. The molecule has 2 heterocycles. The van der Waals surface area contributed by atoms with Crippen molar-refractivity contribution in [3.8, 4) is 17.2 Å². The van der Waals surface area contributed by atoms with Crippen molar-refractivity contribution >= 4 is 55.2 Å². The Labute approximate surface area is 240 Å². The smallest absolute Gasteiger partial charge is 0.338 e. The summed E-state index contributed by atoms with van der Waals surface area (Å²) in [7, 11) is 3.15. The van der Waals surface area contributed by atoms with Gasteiger partial charge in [-0.25, -0.2) is 9.79 Å². The molecular formula is C27H26Br2N2O6S. The van der Waals surface area contributed by atoms with Gasteiger partial charge in [-0.3, -0.25) is 9.36 Å². The first-order chi connectivity index (χ1) is 18.2. The van der Waals surface area contributed by atoms with Crippen LogP contribution < -0.4 is 29.1 Å². The zero-order valence-electron chi connectivity index (χ0n) is 21.5. The quantitative estimate of drug-likeness (QED) is 0.323. The van der Waals surface area contributed by atoms with Crippen molar-refractivity contribution in [1.29, 1.82) is 0 Å². The van der Waals surface area contributed by atoms with Crippen LogP contribution in [0, 0.1) is 0 Å². The van der Waals surface area contributed by atoms with Crippen LogP contribution in [0.3, 0.4) is 0 Å². The molecule has 8 nitrogen and oxygen atoms in total. The number of nitrogens with zero attached hydrogens (tertiary/aromatic N) is 2. The summed E-state index contributed by atoms with van der Waals surface area (Å²) >= 11 is 8.35. The minimum atomic E-state index is -0.729. The van der Waals surface area contributed by atoms with E-state index in [2.05, 4.69) is 36.9 Å². The molecular weight excluding hydrogens is 640 g/mol. The first-order valence-electron chi connectivity index (χ1n) is 11.8. The van der Waals surface area contributed by atoms with Gasteiger partial charge < -0.3 is 18.9 Å². The van der Waals surface area contributed by atoms with Gasteiger partial charge in [0, 0.05) is 4.47 Å². The highest BCUT2D eigenvalue weighted by Gasteiger charge is 2.33. The summed E-state index contributed by atoms with van der Waals surface area (Å²) in [4.78, 5) is 32.1. The van der Waals surface area contributed by atoms with Crippen LogP contribution in [0.2, 0.25) is 0 Å². The molecule has 1 aliphatic heterocycles. The van der Waals surface area contributed by atoms with Gasteiger partial charge in [0.05, 0.1) is 53.8 Å². The third kappa shape index (κ3) is 5.32. The van der Waals surface area contributed by atoms with Crippen molar-refractivity contribution in [1.82, 2.24) is 4.57 Å². The van der Waals surface area contributed by atoms with E-state index in [1.165, 1.54) is 11.3 Å². The second-order valence-corrected chi connectivity index (χ2v) is 10.9. The van der Waals surface area contributed by atoms with Gasteiger partial charge in [-0.2, -0.15) is 0 Å². The number of hydrogen-bond donors (Lipinski definition) is 0. The lowest BCUT2D eigenvalue weighted by atomic mass is 9.96. The van der Waals surface area contributed by atoms with Gasteiger partial charge in [-0.1, -0.05) is 33.3 Å². The number of ether oxygens (including phenoxy) is 4. The van der Waals surface area contributed by atoms with E-state index in [0.29, 0.717) is 54.5 Å². The van der Waals surface area contributed by atoms with Gasteiger partial charge in [0.2, 0.25) is 0 Å². The molecule has 0 spiro atoms. The number of methoxy groups -OCH3 is 2. The molecule has 0 bridgehead atoms. The highest BCUT2D eigenvalue weighted by Crippen LogP contribution is 2.36. The van der Waals surface area contributed by atoms with Crippen molar-refractivity contribution < 1.29 is 23.7 Å². The lowest BCUT2D eigenvalue weighted by Gasteiger charge is -2.25. The fourth-order valence-corrected chi connectivity index (χ4v) is 6.22. The maximum Gasteiger partial charge on any atom is 0.338 e. The fraction of sp³-hybridized carbons (Fsp3) is 0.296. The summed E-state index contributed by atoms with van der Waals surface area (Å²) in [5, 5.41) is 0. The van der Waals surface area contributed by atoms with Crippen LogP contribution in [0.15, 0.2) is 60.3 Å². The third-order valence-corrected chi connectivity index (χ3v) is 8.17. The molecule has 38 heavy (non-hydrogen) atoms. The highest BCUT2D eigenvalue weighted by molar-refractivity contribution is 9.10. The van der Waals surface area contributed by atoms with Crippen molar-refractivity contribution in [3.63, 3.8) is 0 Å². The van der Waals surface area contributed by atoms with Crippen LogP contribution in [0.1, 0.15) is 37.9 Å². The largest absolute Gasteiger partial charge is 0.496 e. The van der Waals surface area contributed by atoms with E-state index in [0.717, 1.165) is 10.0 Å². The molecule has 1 aliphatic rings. The van der Waals surface area contributed by atoms with Gasteiger partial charge in [-0.05, 0) is 78.2 Å². The number of hydrogen-bond acceptors (Lipinski definition) is 8. The Balaban J connectivity index is 1.95. The van der Waals surface area contributed by atoms with E-state index in [-0.39, 0.29) is 12.2 Å². The highest BCUT2D eigenvalue weighted by atomic mass is 79.9. The molecule has 2 aromatic carbocycles. The van der Waals surface area contributed by atoms with Gasteiger partial charge in [0.25, 0.3) is 5.56 Å². The van der Waals surface area contributed by atoms with Crippen molar-refractivity contribution in [2.45, 2.75) is 26.8 Å². The van der Waals surface area contributed by atoms with Crippen LogP contribution in [-0.4, -0.2) is 38.0 Å². The lowest BCUT2D eigenvalue weighted by molar-refractivity contribution is -0.139. The Kier molecular flexibility index (Phi) is 8.79. The number of benzene rings is 2. The number of carbonyl (C=O) groups excluding carboxylic acids is 1. The average Bonchev–Trinajstić information content (AvgIpc) is 3.19. The maximum absolute atomic E-state index is 13.9. The van der Waals surface area contributed by atoms with Gasteiger partial charge >= 0.3 is 5.97 Å². The van der Waals surface area contributed by atoms with E-state index in [1.54, 1.807) is 50.8 Å². The fourth-order valence-electron chi connectivity index (χ4n) is 4.19. The predicted molar refractivity (Wildman–Crippen MR) is 153 cm³/mol. The van der Waals surface area contributed by atoms with Crippen LogP contribution in [0.5, 0.6) is 17.2 Å². The molecule has 0 saturated heterocycles. The standard InChI is InChI=1S/C27H26Br2N2O6S/c1-6-36-21-11-16(17(28)13-20(21)35-5)12-22-25(32)31-24(15-8-9-19(34-4)18(29)10-15)23(26(33)37-7-2)14(3)30-27(31)38-22/h8-13,24H,6-7H2,1-5H3/b22-12+/t24-/m0/s1. The zero-order chi connectivity index (χ0) is 27.6. The molecule has 0 radical (unpaired) electrons. The van der Waals surface area contributed by atoms with E-state index < -0.39 is 12.0 Å². The Morgan fingerprint density at radius 3 is 2.42 bits per heavy atom. The number of thiazole rings is 1. The SMILES string of the molecule is CCOC(=O)C1=C(C)N=c2s/c(=C/c3cc(OCC)c(OC)cc3Br)c(=O)n2[C@H]1c1ccc(OC)c(Br)c1. The number of allylic oxidation sites excluding steroid dienone is 1. The number of rotatable bonds is 8. The number of aromatic nitrogens is 1. The first-order valence-corrected chi connectivity index (χ1v) is 14.2. The number of carbonyl (C=O) groups is 1. The number of fused-ring (bicyclic) bond motifs is 1. The second-order valence-electron chi connectivity index (χ2n) is 8.15. The molecule has 0 amide bonds. The Morgan fingerprint density at radius 2 is 1.79 bits per heavy atom. The maximum atomic E-state index is 13.9. The van der Waals surface area contributed by atoms with Crippen LogP contribution >= 0.6 is 43.2 Å². The Bertz CT molecular complexity index is 1610. The molecule has 1 aromatic heterocycles. The van der Waals surface area contributed by atoms with Crippen LogP contribution in [-0.2, 0) is 9.53 Å². The normalized spacial score (nSPS) is 15.1. The molecule has 3 aromatic rings. The van der Waals surface area contributed by atoms with Crippen LogP contribution in [0.4, 0.5) is 0 Å². The first kappa shape index (κ1) is 28.1. The minimum absolute atomic E-state index is 0.201. The summed E-state index contributed by atoms with van der Waals surface area (Å²) in [5.41, 5.74) is 1.99. The Hall–Kier alpha value is -2.89. The molecule has 0 aliphatic carbocycles. The van der Waals surface area contributed by atoms with Gasteiger partial charge in [0.1, 0.15) is 5.75 Å². The second kappa shape index (κ2) is 11.9. The van der Waals surface area contributed by atoms with Gasteiger partial charge in [-0.15, -0.1) is 0 Å². The Morgan fingerprint density at radius 1 is 1.05 bits per heavy atom. The molecule has 1 atom stereocenters. The lowest BCUT2D eigenvalue weighted by Crippen LogP contribution is -2.40. The molecule has 4 rings (SSSR count). The van der Waals surface area contributed by atoms with Crippen LogP contribution in [0.25, 0.3) is 6.08 Å². The predicted octanol–water partition coefficient (Wildman–Crippen LogP) is 4.74. The van der Waals surface area contributed by atoms with E-state index in [1.807, 2.05) is 25.1 Å². The van der Waals surface area contributed by atoms with E-state index >= 15 is 0 Å². The van der Waals surface area contributed by atoms with Gasteiger partial charge in [0.15, 0.2) is 16.3 Å². The van der Waals surface area contributed by atoms with Crippen molar-refractivity contribution in [3.05, 3.63) is 81.4 Å². The summed E-state index contributed by atoms with van der Waals surface area (Å²) in [6.07, 6.45) is 1.78. The third-order valence-electron chi connectivity index (χ3n) is 5.88. The number of halogens is 2. The van der Waals surface area contributed by atoms with E-state index in [9.17, 15) is 9.59 Å². The van der Waals surface area contributed by atoms with Crippen molar-refractivity contribution in [2.75, 3.05) is 27.4 Å². The summed E-state index contributed by atoms with van der Waals surface area (Å²) in [6.45, 7) is 6.05. The average molecular weight is 666 g/mol. The monoisotopic (exact) mass is 664 g/mol. The summed E-state index contributed by atoms with van der Waals surface area (Å²) < 4.78 is 25.3. The molecule has 11 heteroatoms. The molecule has 200 valence electrons. The topological polar surface area (TPSA) is 88.4 Å². The molecule has 0 saturated carbocycles. The molecule has 0 N–H and O–H groups in total. The molecule has 0 unspecified atom stereocenters. The van der Waals surface area contributed by atoms with E-state index in [4.69, 9.17) is 18.9 Å². The number of esters is 1. The molecule has 0 fully saturated rings.